The van der Waals surface area contributed by atoms with Crippen LogP contribution in [0.1, 0.15) is 11.4 Å². The van der Waals surface area contributed by atoms with Gasteiger partial charge in [-0.1, -0.05) is 12.2 Å². The molecule has 17 heavy (non-hydrogen) atoms. The topological polar surface area (TPSA) is 81.3 Å². The van der Waals surface area contributed by atoms with Gasteiger partial charge in [-0.05, 0) is 13.0 Å². The highest BCUT2D eigenvalue weighted by molar-refractivity contribution is 7.80. The summed E-state index contributed by atoms with van der Waals surface area (Å²) in [6.07, 6.45) is 0. The van der Waals surface area contributed by atoms with E-state index >= 15 is 0 Å². The van der Waals surface area contributed by atoms with Gasteiger partial charge in [0.25, 0.3) is 0 Å². The Hall–Kier alpha value is -1.76. The Bertz CT molecular complexity index is 450. The summed E-state index contributed by atoms with van der Waals surface area (Å²) >= 11 is 4.86. The molecule has 0 aliphatic rings. The van der Waals surface area contributed by atoms with E-state index in [2.05, 4.69) is 14.7 Å². The number of methoxy groups -OCH3 is 1. The normalized spacial score (nSPS) is 9.82. The first-order chi connectivity index (χ1) is 7.93. The van der Waals surface area contributed by atoms with Crippen LogP contribution in [-0.2, 0) is 9.53 Å². The fourth-order valence-corrected chi connectivity index (χ4v) is 1.28. The molecule has 6 nitrogen and oxygen atoms in total. The molecule has 1 rings (SSSR count). The molecule has 0 aliphatic carbocycles. The molecule has 0 saturated carbocycles. The Labute approximate surface area is 105 Å². The number of thiocarbonyl (C=S) groups is 1. The van der Waals surface area contributed by atoms with Gasteiger partial charge in [0.05, 0.1) is 7.11 Å². The molecule has 7 heteroatoms. The van der Waals surface area contributed by atoms with Crippen LogP contribution in [0.25, 0.3) is 0 Å². The second-order valence-electron chi connectivity index (χ2n) is 3.49. The van der Waals surface area contributed by atoms with Crippen LogP contribution in [0.2, 0.25) is 0 Å². The molecular weight excluding hydrogens is 240 g/mol. The van der Waals surface area contributed by atoms with E-state index in [1.54, 1.807) is 24.9 Å². The number of ether oxygens (including phenoxy) is 1. The van der Waals surface area contributed by atoms with Crippen molar-refractivity contribution in [3.8, 4) is 0 Å². The first-order valence-electron chi connectivity index (χ1n) is 4.87. The number of hydrogen-bond acceptors (Lipinski definition) is 6. The van der Waals surface area contributed by atoms with Crippen molar-refractivity contribution in [2.75, 3.05) is 25.6 Å². The molecule has 0 atom stereocenters. The van der Waals surface area contributed by atoms with Crippen molar-refractivity contribution in [3.05, 3.63) is 17.5 Å². The number of nitrogens with two attached hydrogens (primary N) is 1. The lowest BCUT2D eigenvalue weighted by Gasteiger charge is -2.16. The van der Waals surface area contributed by atoms with Crippen LogP contribution >= 0.6 is 12.2 Å². The monoisotopic (exact) mass is 254 g/mol. The number of hydrogen-bond donors (Lipinski definition) is 1. The number of anilines is 1. The van der Waals surface area contributed by atoms with E-state index in [4.69, 9.17) is 18.0 Å². The van der Waals surface area contributed by atoms with Crippen molar-refractivity contribution in [2.24, 2.45) is 5.73 Å². The van der Waals surface area contributed by atoms with Gasteiger partial charge < -0.3 is 15.4 Å². The highest BCUT2D eigenvalue weighted by atomic mass is 32.1. The largest absolute Gasteiger partial charge is 0.468 e. The van der Waals surface area contributed by atoms with Gasteiger partial charge in [-0.2, -0.15) is 0 Å². The maximum atomic E-state index is 11.1. The van der Waals surface area contributed by atoms with Crippen molar-refractivity contribution in [1.82, 2.24) is 9.97 Å². The zero-order chi connectivity index (χ0) is 13.0. The molecular formula is C10H14N4O2S. The summed E-state index contributed by atoms with van der Waals surface area (Å²) in [7, 11) is 3.02. The lowest BCUT2D eigenvalue weighted by Crippen LogP contribution is -2.29. The van der Waals surface area contributed by atoms with Crippen molar-refractivity contribution >= 4 is 29.1 Å². The Morgan fingerprint density at radius 1 is 1.59 bits per heavy atom. The summed E-state index contributed by atoms with van der Waals surface area (Å²) in [4.78, 5) is 21.3. The molecule has 1 heterocycles. The van der Waals surface area contributed by atoms with Crippen molar-refractivity contribution in [1.29, 1.82) is 0 Å². The number of carbonyl (C=O) groups excluding carboxylic acids is 1. The number of rotatable bonds is 4. The Kier molecular flexibility index (Phi) is 4.33. The fourth-order valence-electron chi connectivity index (χ4n) is 1.18. The molecule has 0 aromatic carbocycles. The quantitative estimate of drug-likeness (QED) is 0.599. The Balaban J connectivity index is 2.97. The maximum absolute atomic E-state index is 11.1. The van der Waals surface area contributed by atoms with Crippen LogP contribution in [0.5, 0.6) is 0 Å². The van der Waals surface area contributed by atoms with Gasteiger partial charge in [0.1, 0.15) is 17.2 Å². The lowest BCUT2D eigenvalue weighted by molar-refractivity contribution is -0.138. The number of carbonyl (C=O) groups is 1. The third-order valence-electron chi connectivity index (χ3n) is 2.03. The highest BCUT2D eigenvalue weighted by Gasteiger charge is 2.12. The molecule has 1 aromatic rings. The molecule has 0 radical (unpaired) electrons. The van der Waals surface area contributed by atoms with Crippen molar-refractivity contribution in [2.45, 2.75) is 6.92 Å². The molecule has 1 aromatic heterocycles. The zero-order valence-electron chi connectivity index (χ0n) is 9.93. The molecule has 0 saturated heterocycles. The minimum absolute atomic E-state index is 0.0662. The molecule has 0 aliphatic heterocycles. The Morgan fingerprint density at radius 3 is 2.76 bits per heavy atom. The highest BCUT2D eigenvalue weighted by Crippen LogP contribution is 2.08. The van der Waals surface area contributed by atoms with E-state index < -0.39 is 0 Å². The maximum Gasteiger partial charge on any atom is 0.325 e. The van der Waals surface area contributed by atoms with Crippen LogP contribution < -0.4 is 10.6 Å². The fraction of sp³-hybridized carbons (Fsp3) is 0.400. The van der Waals surface area contributed by atoms with Crippen LogP contribution in [0.4, 0.5) is 5.95 Å². The molecule has 0 spiro atoms. The van der Waals surface area contributed by atoms with E-state index in [1.807, 2.05) is 0 Å². The van der Waals surface area contributed by atoms with Gasteiger partial charge in [-0.15, -0.1) is 0 Å². The molecule has 92 valence electrons. The minimum atomic E-state index is -0.366. The zero-order valence-corrected chi connectivity index (χ0v) is 10.7. The van der Waals surface area contributed by atoms with Crippen molar-refractivity contribution < 1.29 is 9.53 Å². The number of nitrogens with zero attached hydrogens (tertiary/aromatic N) is 3. The standard InChI is InChI=1S/C10H14N4O2S/c1-6-4-7(9(11)17)13-10(12-6)14(2)5-8(15)16-3/h4H,5H2,1-3H3,(H2,11,17). The third kappa shape index (κ3) is 3.63. The summed E-state index contributed by atoms with van der Waals surface area (Å²) in [5, 5.41) is 0. The number of aryl methyl sites for hydroxylation is 1. The van der Waals surface area contributed by atoms with Crippen LogP contribution in [0, 0.1) is 6.92 Å². The minimum Gasteiger partial charge on any atom is -0.468 e. The number of esters is 1. The molecule has 0 fully saturated rings. The molecule has 0 unspecified atom stereocenters. The summed E-state index contributed by atoms with van der Waals surface area (Å²) in [6, 6.07) is 1.69. The van der Waals surface area contributed by atoms with E-state index in [0.29, 0.717) is 11.6 Å². The molecule has 2 N–H and O–H groups in total. The second-order valence-corrected chi connectivity index (χ2v) is 3.93. The van der Waals surface area contributed by atoms with E-state index in [0.717, 1.165) is 5.69 Å². The second kappa shape index (κ2) is 5.53. The third-order valence-corrected chi connectivity index (χ3v) is 2.24. The average Bonchev–Trinajstić information content (AvgIpc) is 2.27. The van der Waals surface area contributed by atoms with Crippen LogP contribution in [0.15, 0.2) is 6.07 Å². The summed E-state index contributed by atoms with van der Waals surface area (Å²) in [5.41, 5.74) is 6.73. The first kappa shape index (κ1) is 13.3. The lowest BCUT2D eigenvalue weighted by atomic mass is 10.3. The average molecular weight is 254 g/mol. The predicted octanol–water partition coefficient (Wildman–Crippen LogP) is 0.0284. The predicted molar refractivity (Wildman–Crippen MR) is 67.9 cm³/mol. The van der Waals surface area contributed by atoms with E-state index in [-0.39, 0.29) is 17.5 Å². The van der Waals surface area contributed by atoms with Crippen LogP contribution in [-0.4, -0.2) is 41.6 Å². The van der Waals surface area contributed by atoms with Gasteiger partial charge in [0.15, 0.2) is 0 Å². The summed E-state index contributed by atoms with van der Waals surface area (Å²) in [5.74, 6) is 0.0210. The van der Waals surface area contributed by atoms with E-state index in [9.17, 15) is 4.79 Å². The summed E-state index contributed by atoms with van der Waals surface area (Å²) in [6.45, 7) is 1.87. The van der Waals surface area contributed by atoms with Gasteiger partial charge in [-0.25, -0.2) is 9.97 Å². The van der Waals surface area contributed by atoms with E-state index in [1.165, 1.54) is 7.11 Å². The Morgan fingerprint density at radius 2 is 2.24 bits per heavy atom. The van der Waals surface area contributed by atoms with Gasteiger partial charge in [0, 0.05) is 12.7 Å². The smallest absolute Gasteiger partial charge is 0.325 e. The first-order valence-corrected chi connectivity index (χ1v) is 5.28. The van der Waals surface area contributed by atoms with Gasteiger partial charge in [0.2, 0.25) is 5.95 Å². The SMILES string of the molecule is COC(=O)CN(C)c1nc(C)cc(C(N)=S)n1. The number of aromatic nitrogens is 2. The van der Waals surface area contributed by atoms with Gasteiger partial charge >= 0.3 is 5.97 Å². The van der Waals surface area contributed by atoms with Crippen molar-refractivity contribution in [3.63, 3.8) is 0 Å². The molecule has 0 bridgehead atoms. The van der Waals surface area contributed by atoms with Gasteiger partial charge in [-0.3, -0.25) is 4.79 Å². The molecule has 0 amide bonds. The number of likely N-dealkylation sites (N-methyl/N-ethyl adjacent to an activating group) is 1. The van der Waals surface area contributed by atoms with Crippen LogP contribution in [0.3, 0.4) is 0 Å². The summed E-state index contributed by atoms with van der Waals surface area (Å²) < 4.78 is 4.56.